The molecule has 0 heterocycles. The number of ketones is 1. The van der Waals surface area contributed by atoms with Gasteiger partial charge in [0.25, 0.3) is 0 Å². The molecule has 6 heteroatoms. The van der Waals surface area contributed by atoms with Crippen molar-refractivity contribution in [2.75, 3.05) is 0 Å². The second kappa shape index (κ2) is 9.17. The lowest BCUT2D eigenvalue weighted by molar-refractivity contribution is -0.136. The summed E-state index contributed by atoms with van der Waals surface area (Å²) in [6.07, 6.45) is -0.487. The molecule has 0 aromatic heterocycles. The van der Waals surface area contributed by atoms with Gasteiger partial charge < -0.3 is 14.8 Å². The highest BCUT2D eigenvalue weighted by Crippen LogP contribution is 2.16. The fourth-order valence-electron chi connectivity index (χ4n) is 2.41. The molecule has 0 aliphatic rings. The zero-order valence-corrected chi connectivity index (χ0v) is 16.2. The van der Waals surface area contributed by atoms with Crippen LogP contribution in [0.4, 0.5) is 4.79 Å². The summed E-state index contributed by atoms with van der Waals surface area (Å²) in [4.78, 5) is 36.3. The van der Waals surface area contributed by atoms with Crippen LogP contribution in [0.3, 0.4) is 0 Å². The van der Waals surface area contributed by atoms with Crippen molar-refractivity contribution in [1.29, 1.82) is 0 Å². The van der Waals surface area contributed by atoms with Crippen molar-refractivity contribution in [3.8, 4) is 5.75 Å². The van der Waals surface area contributed by atoms with Crippen molar-refractivity contribution in [2.45, 2.75) is 38.8 Å². The molecule has 2 aromatic rings. The first-order valence-electron chi connectivity index (χ1n) is 8.85. The van der Waals surface area contributed by atoms with E-state index in [-0.39, 0.29) is 18.0 Å². The molecule has 0 aliphatic heterocycles. The van der Waals surface area contributed by atoms with Gasteiger partial charge in [-0.15, -0.1) is 0 Å². The van der Waals surface area contributed by atoms with Crippen molar-refractivity contribution in [3.63, 3.8) is 0 Å². The highest BCUT2D eigenvalue weighted by atomic mass is 16.6. The van der Waals surface area contributed by atoms with E-state index in [1.54, 1.807) is 39.0 Å². The van der Waals surface area contributed by atoms with Gasteiger partial charge >= 0.3 is 12.1 Å². The molecule has 1 N–H and O–H groups in total. The van der Waals surface area contributed by atoms with E-state index in [1.165, 1.54) is 6.07 Å². The van der Waals surface area contributed by atoms with Crippen LogP contribution in [0.15, 0.2) is 54.6 Å². The fourth-order valence-corrected chi connectivity index (χ4v) is 2.41. The Labute approximate surface area is 164 Å². The number of hydrogen-bond acceptors (Lipinski definition) is 5. The van der Waals surface area contributed by atoms with Crippen LogP contribution in [-0.2, 0) is 16.0 Å². The molecule has 0 aliphatic carbocycles. The predicted octanol–water partition coefficient (Wildman–Crippen LogP) is 3.74. The Morgan fingerprint density at radius 3 is 2.32 bits per heavy atom. The second-order valence-electron chi connectivity index (χ2n) is 7.26. The van der Waals surface area contributed by atoms with Crippen LogP contribution in [0.5, 0.6) is 5.75 Å². The zero-order chi connectivity index (χ0) is 20.7. The Hall–Kier alpha value is -3.15. The molecule has 1 radical (unpaired) electrons. The Morgan fingerprint density at radius 2 is 1.71 bits per heavy atom. The molecule has 0 fully saturated rings. The molecule has 2 rings (SSSR count). The predicted molar refractivity (Wildman–Crippen MR) is 105 cm³/mol. The highest BCUT2D eigenvalue weighted by Gasteiger charge is 2.26. The van der Waals surface area contributed by atoms with Crippen LogP contribution in [-0.4, -0.2) is 29.5 Å². The van der Waals surface area contributed by atoms with Gasteiger partial charge in [0.1, 0.15) is 17.4 Å². The van der Waals surface area contributed by atoms with Gasteiger partial charge in [-0.05, 0) is 38.5 Å². The summed E-state index contributed by atoms with van der Waals surface area (Å²) in [6.45, 7) is 8.54. The van der Waals surface area contributed by atoms with E-state index >= 15 is 0 Å². The Balaban J connectivity index is 2.17. The lowest BCUT2D eigenvalue weighted by Crippen LogP contribution is -2.46. The van der Waals surface area contributed by atoms with Crippen molar-refractivity contribution in [2.24, 2.45) is 0 Å². The van der Waals surface area contributed by atoms with Crippen molar-refractivity contribution in [1.82, 2.24) is 5.32 Å². The molecule has 0 saturated carbocycles. The third kappa shape index (κ3) is 6.87. The molecule has 2 aromatic carbocycles. The largest absolute Gasteiger partial charge is 0.444 e. The first-order chi connectivity index (χ1) is 13.1. The van der Waals surface area contributed by atoms with Crippen LogP contribution in [0, 0.1) is 6.92 Å². The number of hydrogen-bond donors (Lipinski definition) is 1. The van der Waals surface area contributed by atoms with Crippen LogP contribution in [0.2, 0.25) is 0 Å². The van der Waals surface area contributed by atoms with Crippen LogP contribution < -0.4 is 10.1 Å². The van der Waals surface area contributed by atoms with E-state index in [9.17, 15) is 14.4 Å². The Kier molecular flexibility index (Phi) is 6.93. The molecule has 0 bridgehead atoms. The minimum absolute atomic E-state index is 0.198. The maximum absolute atomic E-state index is 12.7. The summed E-state index contributed by atoms with van der Waals surface area (Å²) in [5.41, 5.74) is 0.473. The average Bonchev–Trinajstić information content (AvgIpc) is 2.60. The topological polar surface area (TPSA) is 81.7 Å². The summed E-state index contributed by atoms with van der Waals surface area (Å²) < 4.78 is 10.6. The first-order valence-corrected chi connectivity index (χ1v) is 8.85. The maximum Gasteiger partial charge on any atom is 0.408 e. The first kappa shape index (κ1) is 21.2. The molecule has 0 saturated heterocycles. The van der Waals surface area contributed by atoms with Gasteiger partial charge in [-0.1, -0.05) is 42.5 Å². The van der Waals surface area contributed by atoms with Crippen LogP contribution in [0.1, 0.15) is 36.7 Å². The quantitative estimate of drug-likeness (QED) is 0.467. The third-order valence-corrected chi connectivity index (χ3v) is 3.63. The number of Topliss-reactive ketones (excluding diaryl/α,β-unsaturated/α-hetero) is 1. The molecular weight excluding hydrogens is 358 g/mol. The van der Waals surface area contributed by atoms with E-state index in [0.717, 1.165) is 5.56 Å². The number of esters is 1. The van der Waals surface area contributed by atoms with E-state index in [4.69, 9.17) is 9.47 Å². The summed E-state index contributed by atoms with van der Waals surface area (Å²) in [5.74, 6) is -0.850. The molecule has 28 heavy (non-hydrogen) atoms. The molecule has 147 valence electrons. The lowest BCUT2D eigenvalue weighted by atomic mass is 10.1. The number of carbonyl (C=O) groups is 3. The zero-order valence-electron chi connectivity index (χ0n) is 16.2. The van der Waals surface area contributed by atoms with Crippen LogP contribution >= 0.6 is 0 Å². The van der Waals surface area contributed by atoms with E-state index in [0.29, 0.717) is 5.56 Å². The molecule has 6 nitrogen and oxygen atoms in total. The summed E-state index contributed by atoms with van der Waals surface area (Å²) in [7, 11) is 0. The Bertz CT molecular complexity index is 840. The van der Waals surface area contributed by atoms with Gasteiger partial charge in [0.15, 0.2) is 5.78 Å². The summed E-state index contributed by atoms with van der Waals surface area (Å²) in [5, 5.41) is 2.56. The van der Waals surface area contributed by atoms with Gasteiger partial charge in [-0.3, -0.25) is 4.79 Å². The maximum atomic E-state index is 12.7. The standard InChI is InChI=1S/C22H24NO5/c1-15(24)17-11-8-12-18(14-17)27-20(25)19(13-16-9-6-5-7-10-16)23-21(26)28-22(2,3)4/h5-12,14,19H,1,13H2,2-4H3,(H,23,26)/t19-/m0/s1. The number of amides is 1. The van der Waals surface area contributed by atoms with E-state index in [2.05, 4.69) is 12.2 Å². The van der Waals surface area contributed by atoms with Gasteiger partial charge in [-0.25, -0.2) is 9.59 Å². The van der Waals surface area contributed by atoms with Gasteiger partial charge in [-0.2, -0.15) is 0 Å². The van der Waals surface area contributed by atoms with Crippen molar-refractivity contribution >= 4 is 17.8 Å². The average molecular weight is 382 g/mol. The lowest BCUT2D eigenvalue weighted by Gasteiger charge is -2.23. The summed E-state index contributed by atoms with van der Waals surface area (Å²) in [6, 6.07) is 14.4. The smallest absolute Gasteiger partial charge is 0.408 e. The minimum Gasteiger partial charge on any atom is -0.444 e. The fraction of sp³-hybridized carbons (Fsp3) is 0.273. The number of ether oxygens (including phenoxy) is 2. The van der Waals surface area contributed by atoms with Gasteiger partial charge in [0, 0.05) is 18.9 Å². The number of benzene rings is 2. The van der Waals surface area contributed by atoms with E-state index in [1.807, 2.05) is 30.3 Å². The van der Waals surface area contributed by atoms with Crippen molar-refractivity contribution in [3.05, 3.63) is 72.6 Å². The number of alkyl carbamates (subject to hydrolysis) is 1. The number of nitrogens with one attached hydrogen (secondary N) is 1. The number of rotatable bonds is 6. The highest BCUT2D eigenvalue weighted by molar-refractivity contribution is 5.99. The monoisotopic (exact) mass is 382 g/mol. The van der Waals surface area contributed by atoms with Gasteiger partial charge in [0.05, 0.1) is 0 Å². The molecule has 1 atom stereocenters. The number of carbonyl (C=O) groups excluding carboxylic acids is 3. The minimum atomic E-state index is -0.962. The van der Waals surface area contributed by atoms with Gasteiger partial charge in [0.2, 0.25) is 0 Å². The van der Waals surface area contributed by atoms with Crippen LogP contribution in [0.25, 0.3) is 0 Å². The molecule has 0 spiro atoms. The molecule has 1 amide bonds. The van der Waals surface area contributed by atoms with E-state index < -0.39 is 23.7 Å². The molecule has 0 unspecified atom stereocenters. The Morgan fingerprint density at radius 1 is 1.04 bits per heavy atom. The van der Waals surface area contributed by atoms with Crippen molar-refractivity contribution < 1.29 is 23.9 Å². The molecular formula is C22H24NO5. The third-order valence-electron chi connectivity index (χ3n) is 3.63. The normalized spacial score (nSPS) is 12.0. The SMILES string of the molecule is [CH2]C(=O)c1cccc(OC(=O)[C@H](Cc2ccccc2)NC(=O)OC(C)(C)C)c1. The second-order valence-corrected chi connectivity index (χ2v) is 7.26. The summed E-state index contributed by atoms with van der Waals surface area (Å²) >= 11 is 0.